The van der Waals surface area contributed by atoms with Crippen molar-refractivity contribution >= 4 is 11.9 Å². The summed E-state index contributed by atoms with van der Waals surface area (Å²) in [7, 11) is 0. The molecule has 0 heterocycles. The lowest BCUT2D eigenvalue weighted by atomic mass is 10.0. The van der Waals surface area contributed by atoms with Crippen LogP contribution >= 0.6 is 0 Å². The maximum Gasteiger partial charge on any atom is 0.306 e. The monoisotopic (exact) mass is 947 g/mol. The average Bonchev–Trinajstić information content (AvgIpc) is 3.34. The second kappa shape index (κ2) is 58.4. The van der Waals surface area contributed by atoms with Gasteiger partial charge in [-0.1, -0.05) is 260 Å². The first-order chi connectivity index (χ1) is 33.6. The number of esters is 2. The highest BCUT2D eigenvalue weighted by atomic mass is 16.6. The number of carbonyl (C=O) groups is 2. The van der Waals surface area contributed by atoms with Gasteiger partial charge >= 0.3 is 11.9 Å². The third-order valence-electron chi connectivity index (χ3n) is 12.4. The number of unbranched alkanes of at least 4 members (excludes halogenated alkanes) is 28. The Morgan fingerprint density at radius 2 is 0.676 bits per heavy atom. The van der Waals surface area contributed by atoms with Crippen molar-refractivity contribution in [1.82, 2.24) is 0 Å². The van der Waals surface area contributed by atoms with Crippen LogP contribution in [0.2, 0.25) is 0 Å². The molecule has 0 aromatic heterocycles. The molecule has 0 amide bonds. The molecule has 5 heteroatoms. The van der Waals surface area contributed by atoms with Crippen molar-refractivity contribution in [3.8, 4) is 0 Å². The first-order valence-electron chi connectivity index (χ1n) is 29.1. The molecule has 0 rings (SSSR count). The third-order valence-corrected chi connectivity index (χ3v) is 12.4. The van der Waals surface area contributed by atoms with Crippen LogP contribution in [0.25, 0.3) is 0 Å². The number of ether oxygens (including phenoxy) is 3. The van der Waals surface area contributed by atoms with E-state index >= 15 is 0 Å². The topological polar surface area (TPSA) is 61.8 Å². The maximum absolute atomic E-state index is 12.8. The summed E-state index contributed by atoms with van der Waals surface area (Å²) < 4.78 is 17.4. The van der Waals surface area contributed by atoms with E-state index in [1.165, 1.54) is 154 Å². The number of rotatable bonds is 53. The van der Waals surface area contributed by atoms with Crippen LogP contribution in [-0.2, 0) is 23.8 Å². The van der Waals surface area contributed by atoms with Crippen molar-refractivity contribution in [1.29, 1.82) is 0 Å². The summed E-state index contributed by atoms with van der Waals surface area (Å²) in [5, 5.41) is 0. The third kappa shape index (κ3) is 55.7. The summed E-state index contributed by atoms with van der Waals surface area (Å²) in [4.78, 5) is 25.5. The molecule has 0 aliphatic rings. The van der Waals surface area contributed by atoms with Gasteiger partial charge in [-0.05, 0) is 89.9 Å². The molecule has 1 unspecified atom stereocenters. The van der Waals surface area contributed by atoms with Gasteiger partial charge in [-0.15, -0.1) is 0 Å². The van der Waals surface area contributed by atoms with E-state index in [1.54, 1.807) is 0 Å². The summed E-state index contributed by atoms with van der Waals surface area (Å²) >= 11 is 0. The molecule has 0 bridgehead atoms. The first kappa shape index (κ1) is 65.1. The van der Waals surface area contributed by atoms with E-state index in [0.717, 1.165) is 89.9 Å². The summed E-state index contributed by atoms with van der Waals surface area (Å²) in [5.74, 6) is -0.473. The molecule has 0 saturated carbocycles. The Labute approximate surface area is 422 Å². The van der Waals surface area contributed by atoms with Gasteiger partial charge in [-0.25, -0.2) is 0 Å². The first-order valence-corrected chi connectivity index (χ1v) is 29.1. The van der Waals surface area contributed by atoms with Crippen molar-refractivity contribution in [3.63, 3.8) is 0 Å². The summed E-state index contributed by atoms with van der Waals surface area (Å²) in [6.07, 6.45) is 77.6. The zero-order valence-corrected chi connectivity index (χ0v) is 45.1. The van der Waals surface area contributed by atoms with Gasteiger partial charge in [0.15, 0.2) is 6.10 Å². The fraction of sp³-hybridized carbons (Fsp3) is 0.746. The Kier molecular flexibility index (Phi) is 55.9. The Balaban J connectivity index is 4.34. The molecular weight excluding hydrogens is 837 g/mol. The van der Waals surface area contributed by atoms with Gasteiger partial charge in [-0.3, -0.25) is 9.59 Å². The van der Waals surface area contributed by atoms with E-state index in [0.29, 0.717) is 19.4 Å². The van der Waals surface area contributed by atoms with Gasteiger partial charge in [-0.2, -0.15) is 0 Å². The second-order valence-corrected chi connectivity index (χ2v) is 19.2. The van der Waals surface area contributed by atoms with Gasteiger partial charge in [0, 0.05) is 19.4 Å². The molecule has 392 valence electrons. The lowest BCUT2D eigenvalue weighted by Gasteiger charge is -2.18. The molecule has 68 heavy (non-hydrogen) atoms. The fourth-order valence-corrected chi connectivity index (χ4v) is 8.11. The molecule has 5 nitrogen and oxygen atoms in total. The highest BCUT2D eigenvalue weighted by Crippen LogP contribution is 2.16. The van der Waals surface area contributed by atoms with Crippen LogP contribution in [-0.4, -0.2) is 37.9 Å². The van der Waals surface area contributed by atoms with Crippen LogP contribution in [0.4, 0.5) is 0 Å². The zero-order valence-electron chi connectivity index (χ0n) is 45.1. The van der Waals surface area contributed by atoms with E-state index in [2.05, 4.69) is 106 Å². The van der Waals surface area contributed by atoms with E-state index in [-0.39, 0.29) is 25.2 Å². The summed E-state index contributed by atoms with van der Waals surface area (Å²) in [5.41, 5.74) is 0. The minimum atomic E-state index is -0.569. The summed E-state index contributed by atoms with van der Waals surface area (Å²) in [6.45, 7) is 7.65. The Bertz CT molecular complexity index is 1250. The molecule has 0 spiro atoms. The fourth-order valence-electron chi connectivity index (χ4n) is 8.11. The highest BCUT2D eigenvalue weighted by Gasteiger charge is 2.17. The van der Waals surface area contributed by atoms with Crippen LogP contribution in [0.3, 0.4) is 0 Å². The predicted octanol–water partition coefficient (Wildman–Crippen LogP) is 20.0. The molecule has 0 aromatic rings. The minimum Gasteiger partial charge on any atom is -0.462 e. The lowest BCUT2D eigenvalue weighted by Crippen LogP contribution is -2.30. The van der Waals surface area contributed by atoms with Gasteiger partial charge in [0.25, 0.3) is 0 Å². The van der Waals surface area contributed by atoms with E-state index in [9.17, 15) is 9.59 Å². The molecule has 1 atom stereocenters. The zero-order chi connectivity index (χ0) is 49.2. The van der Waals surface area contributed by atoms with Crippen molar-refractivity contribution in [2.24, 2.45) is 0 Å². The van der Waals surface area contributed by atoms with Gasteiger partial charge in [0.2, 0.25) is 0 Å². The van der Waals surface area contributed by atoms with Crippen molar-refractivity contribution in [3.05, 3.63) is 85.1 Å². The van der Waals surface area contributed by atoms with Crippen LogP contribution in [0.15, 0.2) is 85.1 Å². The lowest BCUT2D eigenvalue weighted by molar-refractivity contribution is -0.163. The van der Waals surface area contributed by atoms with E-state index in [4.69, 9.17) is 14.2 Å². The van der Waals surface area contributed by atoms with Crippen molar-refractivity contribution < 1.29 is 23.8 Å². The largest absolute Gasteiger partial charge is 0.462 e. The van der Waals surface area contributed by atoms with Crippen LogP contribution < -0.4 is 0 Å². The van der Waals surface area contributed by atoms with Gasteiger partial charge < -0.3 is 14.2 Å². The molecule has 0 N–H and O–H groups in total. The molecule has 0 aliphatic heterocycles. The SMILES string of the molecule is CC/C=C\C/C=C\C/C=C\C/C=C\C/C=C\CCCC(=O)OCC(COCCCCCCCCCCCCCCCCCCCCCC)OC(=O)CCCCCCC/C=C\C/C=C\CCCCC. The standard InChI is InChI=1S/C63H110O5/c1-4-7-10-13-16-19-22-25-28-30-31-32-34-37-40-43-46-49-52-55-58-66-59-61(68-63(65)57-54-51-48-45-42-39-35-27-24-21-18-15-12-9-6-3)60-67-62(64)56-53-50-47-44-41-38-36-33-29-26-23-20-17-14-11-8-5-2/h8,11,17-18,20-21,26-27,29,35-36,38,44,47,61H,4-7,9-10,12-16,19,22-25,28,30-34,37,39-43,45-46,48-60H2,1-3H3/b11-8-,20-17-,21-18-,29-26-,35-27-,38-36-,47-44-. The smallest absolute Gasteiger partial charge is 0.306 e. The molecule has 0 radical (unpaired) electrons. The van der Waals surface area contributed by atoms with Crippen molar-refractivity contribution in [2.45, 2.75) is 284 Å². The Hall–Kier alpha value is -2.92. The van der Waals surface area contributed by atoms with E-state index < -0.39 is 6.10 Å². The Morgan fingerprint density at radius 1 is 0.338 bits per heavy atom. The number of hydrogen-bond acceptors (Lipinski definition) is 5. The molecule has 0 aromatic carbocycles. The summed E-state index contributed by atoms with van der Waals surface area (Å²) in [6, 6.07) is 0. The number of hydrogen-bond donors (Lipinski definition) is 0. The van der Waals surface area contributed by atoms with Crippen LogP contribution in [0, 0.1) is 0 Å². The van der Waals surface area contributed by atoms with Crippen LogP contribution in [0.1, 0.15) is 278 Å². The molecule has 0 aliphatic carbocycles. The molecule has 0 saturated heterocycles. The van der Waals surface area contributed by atoms with Gasteiger partial charge in [0.05, 0.1) is 6.61 Å². The molecule has 0 fully saturated rings. The van der Waals surface area contributed by atoms with Gasteiger partial charge in [0.1, 0.15) is 6.61 Å². The number of allylic oxidation sites excluding steroid dienone is 14. The quantitative estimate of drug-likeness (QED) is 0.0345. The number of carbonyl (C=O) groups excluding carboxylic acids is 2. The minimum absolute atomic E-state index is 0.0493. The van der Waals surface area contributed by atoms with Crippen LogP contribution in [0.5, 0.6) is 0 Å². The second-order valence-electron chi connectivity index (χ2n) is 19.2. The predicted molar refractivity (Wildman–Crippen MR) is 297 cm³/mol. The van der Waals surface area contributed by atoms with E-state index in [1.807, 2.05) is 0 Å². The Morgan fingerprint density at radius 3 is 1.13 bits per heavy atom. The normalized spacial score (nSPS) is 12.8. The molecular formula is C63H110O5. The highest BCUT2D eigenvalue weighted by molar-refractivity contribution is 5.70. The average molecular weight is 948 g/mol. The maximum atomic E-state index is 12.8. The van der Waals surface area contributed by atoms with Crippen molar-refractivity contribution in [2.75, 3.05) is 19.8 Å².